The van der Waals surface area contributed by atoms with E-state index in [9.17, 15) is 9.59 Å². The zero-order valence-electron chi connectivity index (χ0n) is 20.9. The Morgan fingerprint density at radius 2 is 1.90 bits per heavy atom. The van der Waals surface area contributed by atoms with Gasteiger partial charge in [-0.25, -0.2) is 15.0 Å². The second kappa shape index (κ2) is 9.54. The normalized spacial score (nSPS) is 18.7. The molecule has 200 valence electrons. The molecular formula is C26H25ClN8O3S. The first kappa shape index (κ1) is 24.4. The predicted molar refractivity (Wildman–Crippen MR) is 147 cm³/mol. The first-order valence-corrected chi connectivity index (χ1v) is 14.1. The molecule has 0 unspecified atom stereocenters. The quantitative estimate of drug-likeness (QED) is 0.319. The van der Waals surface area contributed by atoms with Crippen molar-refractivity contribution in [1.29, 1.82) is 0 Å². The molecule has 7 rings (SSSR count). The SMILES string of the molecule is O=C1NCCNc2c1sc1ccc3nc(Oc4nc(Cl)ncc4CN4CC5(CCNCC5)CC4=O)cnc3c21. The van der Waals surface area contributed by atoms with E-state index in [4.69, 9.17) is 16.3 Å². The number of carbonyl (C=O) groups excluding carboxylic acids is 2. The maximum atomic E-state index is 12.9. The lowest BCUT2D eigenvalue weighted by Gasteiger charge is -2.33. The number of rotatable bonds is 4. The van der Waals surface area contributed by atoms with Crippen molar-refractivity contribution in [3.8, 4) is 11.8 Å². The number of hydrogen-bond acceptors (Lipinski definition) is 10. The summed E-state index contributed by atoms with van der Waals surface area (Å²) in [6, 6.07) is 3.80. The minimum atomic E-state index is -0.0898. The molecule has 1 spiro atoms. The Morgan fingerprint density at radius 1 is 1.05 bits per heavy atom. The highest BCUT2D eigenvalue weighted by molar-refractivity contribution is 7.21. The third-order valence-corrected chi connectivity index (χ3v) is 9.02. The van der Waals surface area contributed by atoms with Crippen LogP contribution in [-0.2, 0) is 11.3 Å². The molecule has 6 heterocycles. The van der Waals surface area contributed by atoms with Crippen LogP contribution in [0.25, 0.3) is 21.1 Å². The highest BCUT2D eigenvalue weighted by atomic mass is 35.5. The van der Waals surface area contributed by atoms with E-state index in [1.165, 1.54) is 17.5 Å². The fraction of sp³-hybridized carbons (Fsp3) is 0.385. The third-order valence-electron chi connectivity index (χ3n) is 7.69. The van der Waals surface area contributed by atoms with E-state index in [0.717, 1.165) is 41.7 Å². The van der Waals surface area contributed by atoms with Crippen LogP contribution in [0.4, 0.5) is 5.69 Å². The summed E-state index contributed by atoms with van der Waals surface area (Å²) in [7, 11) is 0. The number of piperidine rings is 1. The van der Waals surface area contributed by atoms with Crippen molar-refractivity contribution in [1.82, 2.24) is 35.5 Å². The van der Waals surface area contributed by atoms with Crippen LogP contribution in [0.5, 0.6) is 11.8 Å². The molecule has 0 bridgehead atoms. The monoisotopic (exact) mass is 564 g/mol. The molecule has 0 aliphatic carbocycles. The van der Waals surface area contributed by atoms with E-state index in [1.54, 1.807) is 6.20 Å². The molecule has 2 amide bonds. The lowest BCUT2D eigenvalue weighted by molar-refractivity contribution is -0.128. The summed E-state index contributed by atoms with van der Waals surface area (Å²) in [5.74, 6) is 0.525. The number of likely N-dealkylation sites (tertiary alicyclic amines) is 1. The van der Waals surface area contributed by atoms with E-state index in [1.807, 2.05) is 17.0 Å². The van der Waals surface area contributed by atoms with Gasteiger partial charge in [-0.3, -0.25) is 9.59 Å². The minimum absolute atomic E-state index is 0.0290. The third kappa shape index (κ3) is 4.42. The maximum Gasteiger partial charge on any atom is 0.263 e. The van der Waals surface area contributed by atoms with Crippen molar-refractivity contribution in [2.75, 3.05) is 38.0 Å². The number of nitrogens with zero attached hydrogens (tertiary/aromatic N) is 5. The average Bonchev–Trinajstić information content (AvgIpc) is 3.38. The van der Waals surface area contributed by atoms with Crippen molar-refractivity contribution in [2.24, 2.45) is 5.41 Å². The molecule has 2 saturated heterocycles. The van der Waals surface area contributed by atoms with Crippen LogP contribution in [-0.4, -0.2) is 69.4 Å². The van der Waals surface area contributed by atoms with Gasteiger partial charge in [0.1, 0.15) is 4.88 Å². The number of carbonyl (C=O) groups is 2. The van der Waals surface area contributed by atoms with Gasteiger partial charge in [0, 0.05) is 42.3 Å². The van der Waals surface area contributed by atoms with Gasteiger partial charge in [-0.05, 0) is 55.1 Å². The molecule has 13 heteroatoms. The maximum absolute atomic E-state index is 12.9. The predicted octanol–water partition coefficient (Wildman–Crippen LogP) is 3.34. The Morgan fingerprint density at radius 3 is 2.77 bits per heavy atom. The molecule has 3 N–H and O–H groups in total. The van der Waals surface area contributed by atoms with Crippen LogP contribution in [0, 0.1) is 5.41 Å². The first-order chi connectivity index (χ1) is 19.0. The second-order valence-electron chi connectivity index (χ2n) is 10.3. The molecule has 0 saturated carbocycles. The number of thiophene rings is 1. The van der Waals surface area contributed by atoms with Crippen molar-refractivity contribution < 1.29 is 14.3 Å². The molecule has 3 aromatic heterocycles. The van der Waals surface area contributed by atoms with Crippen LogP contribution in [0.1, 0.15) is 34.5 Å². The van der Waals surface area contributed by atoms with E-state index < -0.39 is 0 Å². The van der Waals surface area contributed by atoms with Gasteiger partial charge in [-0.1, -0.05) is 0 Å². The molecule has 11 nitrogen and oxygen atoms in total. The van der Waals surface area contributed by atoms with Gasteiger partial charge in [0.15, 0.2) is 0 Å². The summed E-state index contributed by atoms with van der Waals surface area (Å²) in [4.78, 5) is 45.7. The van der Waals surface area contributed by atoms with Crippen LogP contribution < -0.4 is 20.7 Å². The summed E-state index contributed by atoms with van der Waals surface area (Å²) < 4.78 is 7.04. The topological polar surface area (TPSA) is 134 Å². The minimum Gasteiger partial charge on any atom is -0.418 e. The summed E-state index contributed by atoms with van der Waals surface area (Å²) in [5.41, 5.74) is 2.76. The van der Waals surface area contributed by atoms with Gasteiger partial charge < -0.3 is 25.6 Å². The average molecular weight is 565 g/mol. The molecule has 0 atom stereocenters. The molecule has 4 aromatic rings. The number of benzene rings is 1. The lowest BCUT2D eigenvalue weighted by atomic mass is 9.78. The van der Waals surface area contributed by atoms with Crippen molar-refractivity contribution >= 4 is 61.6 Å². The van der Waals surface area contributed by atoms with Gasteiger partial charge in [-0.2, -0.15) is 4.98 Å². The fourth-order valence-corrected chi connectivity index (χ4v) is 6.99. The molecule has 0 radical (unpaired) electrons. The molecule has 1 aromatic carbocycles. The number of anilines is 1. The van der Waals surface area contributed by atoms with Crippen LogP contribution >= 0.6 is 22.9 Å². The van der Waals surface area contributed by atoms with Crippen molar-refractivity contribution in [3.05, 3.63) is 40.3 Å². The Kier molecular flexibility index (Phi) is 5.98. The molecule has 3 aliphatic rings. The zero-order valence-corrected chi connectivity index (χ0v) is 22.5. The van der Waals surface area contributed by atoms with E-state index in [2.05, 4.69) is 35.9 Å². The summed E-state index contributed by atoms with van der Waals surface area (Å²) in [5, 5.41) is 10.6. The van der Waals surface area contributed by atoms with Gasteiger partial charge in [0.25, 0.3) is 5.91 Å². The lowest BCUT2D eigenvalue weighted by Crippen LogP contribution is -2.38. The second-order valence-corrected chi connectivity index (χ2v) is 11.6. The van der Waals surface area contributed by atoms with Gasteiger partial charge >= 0.3 is 0 Å². The van der Waals surface area contributed by atoms with Gasteiger partial charge in [-0.15, -0.1) is 11.3 Å². The number of aromatic nitrogens is 4. The molecule has 2 fully saturated rings. The first-order valence-electron chi connectivity index (χ1n) is 12.9. The molecular weight excluding hydrogens is 540 g/mol. The number of hydrogen-bond donors (Lipinski definition) is 3. The Bertz CT molecular complexity index is 1640. The number of nitrogens with one attached hydrogen (secondary N) is 3. The summed E-state index contributed by atoms with van der Waals surface area (Å²) in [6.07, 6.45) is 5.67. The van der Waals surface area contributed by atoms with E-state index >= 15 is 0 Å². The van der Waals surface area contributed by atoms with Crippen LogP contribution in [0.2, 0.25) is 5.28 Å². The largest absolute Gasteiger partial charge is 0.418 e. The van der Waals surface area contributed by atoms with Gasteiger partial charge in [0.2, 0.25) is 23.0 Å². The number of ether oxygens (including phenoxy) is 1. The highest BCUT2D eigenvalue weighted by Gasteiger charge is 2.43. The number of fused-ring (bicyclic) bond motifs is 5. The molecule has 3 aliphatic heterocycles. The zero-order chi connectivity index (χ0) is 26.6. The Labute approximate surface area is 232 Å². The summed E-state index contributed by atoms with van der Waals surface area (Å²) in [6.45, 7) is 4.09. The number of halogens is 1. The van der Waals surface area contributed by atoms with E-state index in [-0.39, 0.29) is 34.3 Å². The fourth-order valence-electron chi connectivity index (χ4n) is 5.76. The Hall–Kier alpha value is -3.61. The van der Waals surface area contributed by atoms with Crippen LogP contribution in [0.3, 0.4) is 0 Å². The number of amides is 2. The van der Waals surface area contributed by atoms with Crippen molar-refractivity contribution in [2.45, 2.75) is 25.8 Å². The summed E-state index contributed by atoms with van der Waals surface area (Å²) >= 11 is 7.55. The van der Waals surface area contributed by atoms with E-state index in [0.29, 0.717) is 54.1 Å². The van der Waals surface area contributed by atoms with Gasteiger partial charge in [0.05, 0.1) is 35.0 Å². The standard InChI is InChI=1S/C26H25ClN8O3S/c27-25-32-10-14(12-35-13-26(9-18(35)36)3-5-28-6-4-26)24(34-25)38-17-11-31-20-15(33-17)1-2-16-19(20)21-22(39-16)23(37)30-8-7-29-21/h1-2,10-11,28-29H,3-9,12-13H2,(H,30,37). The van der Waals surface area contributed by atoms with Crippen LogP contribution in [0.15, 0.2) is 24.5 Å². The Balaban J connectivity index is 1.19. The highest BCUT2D eigenvalue weighted by Crippen LogP contribution is 2.42. The van der Waals surface area contributed by atoms with Crippen molar-refractivity contribution in [3.63, 3.8) is 0 Å². The molecule has 39 heavy (non-hydrogen) atoms. The smallest absolute Gasteiger partial charge is 0.263 e.